The minimum atomic E-state index is -0.209. The molecule has 9 heteroatoms. The van der Waals surface area contributed by atoms with E-state index in [9.17, 15) is 4.79 Å². The van der Waals surface area contributed by atoms with Crippen LogP contribution >= 0.6 is 24.0 Å². The fourth-order valence-electron chi connectivity index (χ4n) is 4.16. The van der Waals surface area contributed by atoms with Crippen molar-refractivity contribution in [2.24, 2.45) is 10.9 Å². The number of benzene rings is 1. The molecule has 0 spiro atoms. The second kappa shape index (κ2) is 12.8. The molecule has 3 rings (SSSR count). The number of piperidine rings is 1. The van der Waals surface area contributed by atoms with Crippen molar-refractivity contribution in [3.63, 3.8) is 0 Å². The molecule has 2 aliphatic heterocycles. The van der Waals surface area contributed by atoms with Crippen LogP contribution < -0.4 is 20.3 Å². The highest BCUT2D eigenvalue weighted by atomic mass is 127. The number of carbonyl (C=O) groups is 1. The van der Waals surface area contributed by atoms with E-state index in [1.165, 1.54) is 5.69 Å². The van der Waals surface area contributed by atoms with E-state index >= 15 is 0 Å². The van der Waals surface area contributed by atoms with Crippen molar-refractivity contribution in [2.75, 3.05) is 58.4 Å². The molecule has 2 fully saturated rings. The summed E-state index contributed by atoms with van der Waals surface area (Å²) < 4.78 is 10.6. The summed E-state index contributed by atoms with van der Waals surface area (Å²) in [5.74, 6) is 2.32. The molecule has 2 heterocycles. The lowest BCUT2D eigenvalue weighted by Gasteiger charge is -2.32. The molecule has 0 radical (unpaired) electrons. The second-order valence-electron chi connectivity index (χ2n) is 7.83. The van der Waals surface area contributed by atoms with E-state index in [0.29, 0.717) is 31.7 Å². The summed E-state index contributed by atoms with van der Waals surface area (Å²) in [4.78, 5) is 20.4. The van der Waals surface area contributed by atoms with Gasteiger partial charge in [-0.1, -0.05) is 12.1 Å². The Bertz CT molecular complexity index is 725. The lowest BCUT2D eigenvalue weighted by atomic mass is 10.1. The van der Waals surface area contributed by atoms with Gasteiger partial charge in [0.2, 0.25) is 0 Å². The van der Waals surface area contributed by atoms with Crippen molar-refractivity contribution in [1.82, 2.24) is 15.5 Å². The lowest BCUT2D eigenvalue weighted by Crippen LogP contribution is -2.50. The lowest BCUT2D eigenvalue weighted by molar-refractivity contribution is 0.0963. The predicted octanol–water partition coefficient (Wildman–Crippen LogP) is 2.93. The predicted molar refractivity (Wildman–Crippen MR) is 135 cm³/mol. The molecule has 1 aromatic rings. The molecule has 2 N–H and O–H groups in total. The summed E-state index contributed by atoms with van der Waals surface area (Å²) >= 11 is 0. The molecule has 174 valence electrons. The molecule has 2 saturated heterocycles. The molecule has 1 unspecified atom stereocenters. The zero-order valence-electron chi connectivity index (χ0n) is 18.8. The zero-order chi connectivity index (χ0) is 21.3. The topological polar surface area (TPSA) is 78.4 Å². The number of anilines is 1. The van der Waals surface area contributed by atoms with Gasteiger partial charge in [0.05, 0.1) is 19.4 Å². The zero-order valence-corrected chi connectivity index (χ0v) is 21.1. The average Bonchev–Trinajstić information content (AvgIpc) is 3.26. The van der Waals surface area contributed by atoms with Gasteiger partial charge in [-0.25, -0.2) is 4.79 Å². The quantitative estimate of drug-likeness (QED) is 0.325. The number of nitrogens with zero attached hydrogens (tertiary/aromatic N) is 3. The third-order valence-corrected chi connectivity index (χ3v) is 5.86. The van der Waals surface area contributed by atoms with Gasteiger partial charge in [-0.2, -0.15) is 0 Å². The van der Waals surface area contributed by atoms with Crippen molar-refractivity contribution in [2.45, 2.75) is 32.2 Å². The molecular weight excluding hydrogens is 509 g/mol. The number of hydrogen-bond donors (Lipinski definition) is 2. The van der Waals surface area contributed by atoms with E-state index in [2.05, 4.69) is 32.7 Å². The van der Waals surface area contributed by atoms with Gasteiger partial charge in [-0.15, -0.1) is 24.0 Å². The van der Waals surface area contributed by atoms with E-state index in [-0.39, 0.29) is 30.1 Å². The molecule has 1 atom stereocenters. The van der Waals surface area contributed by atoms with Crippen molar-refractivity contribution in [1.29, 1.82) is 0 Å². The Kier molecular flexibility index (Phi) is 10.5. The number of rotatable bonds is 6. The van der Waals surface area contributed by atoms with Gasteiger partial charge in [-0.05, 0) is 44.2 Å². The third kappa shape index (κ3) is 7.05. The number of ether oxygens (including phenoxy) is 2. The molecular formula is C22H36IN5O3. The molecule has 0 bridgehead atoms. The molecule has 1 amide bonds. The minimum Gasteiger partial charge on any atom is -0.495 e. The van der Waals surface area contributed by atoms with E-state index in [1.807, 2.05) is 19.1 Å². The SMILES string of the molecule is CCOC(=O)N1CCC(NC(=NC)NCC2CCN(c3ccccc3OC)C2)CC1.I. The van der Waals surface area contributed by atoms with E-state index in [0.717, 1.165) is 50.6 Å². The molecule has 0 aromatic heterocycles. The maximum absolute atomic E-state index is 11.8. The standard InChI is InChI=1S/C22H35N5O3.HI/c1-4-30-22(28)26-13-10-18(11-14-26)25-21(23-2)24-15-17-9-12-27(16-17)19-7-5-6-8-20(19)29-3;/h5-8,17-18H,4,9-16H2,1-3H3,(H2,23,24,25);1H. The van der Waals surface area contributed by atoms with Gasteiger partial charge in [0, 0.05) is 45.8 Å². The normalized spacial score (nSPS) is 19.6. The van der Waals surface area contributed by atoms with Crippen LogP contribution in [0.1, 0.15) is 26.2 Å². The monoisotopic (exact) mass is 545 g/mol. The van der Waals surface area contributed by atoms with Crippen LogP contribution in [0.15, 0.2) is 29.3 Å². The van der Waals surface area contributed by atoms with Crippen molar-refractivity contribution in [3.8, 4) is 5.75 Å². The Morgan fingerprint density at radius 1 is 1.19 bits per heavy atom. The van der Waals surface area contributed by atoms with E-state index in [1.54, 1.807) is 19.1 Å². The average molecular weight is 545 g/mol. The summed E-state index contributed by atoms with van der Waals surface area (Å²) in [6, 6.07) is 8.51. The van der Waals surface area contributed by atoms with Gasteiger partial charge in [0.25, 0.3) is 0 Å². The molecule has 2 aliphatic rings. The van der Waals surface area contributed by atoms with Gasteiger partial charge in [0.1, 0.15) is 5.75 Å². The summed E-state index contributed by atoms with van der Waals surface area (Å²) in [5, 5.41) is 7.00. The van der Waals surface area contributed by atoms with Gasteiger partial charge < -0.3 is 29.9 Å². The highest BCUT2D eigenvalue weighted by molar-refractivity contribution is 14.0. The first-order chi connectivity index (χ1) is 14.6. The maximum Gasteiger partial charge on any atom is 0.409 e. The first-order valence-electron chi connectivity index (χ1n) is 10.9. The molecule has 0 saturated carbocycles. The smallest absolute Gasteiger partial charge is 0.409 e. The van der Waals surface area contributed by atoms with Crippen LogP contribution in [-0.4, -0.2) is 76.5 Å². The fourth-order valence-corrected chi connectivity index (χ4v) is 4.16. The van der Waals surface area contributed by atoms with Crippen LogP contribution in [0.2, 0.25) is 0 Å². The van der Waals surface area contributed by atoms with Gasteiger partial charge in [0.15, 0.2) is 5.96 Å². The van der Waals surface area contributed by atoms with Crippen molar-refractivity contribution < 1.29 is 14.3 Å². The Morgan fingerprint density at radius 3 is 2.61 bits per heavy atom. The van der Waals surface area contributed by atoms with Gasteiger partial charge >= 0.3 is 6.09 Å². The number of likely N-dealkylation sites (tertiary alicyclic amines) is 1. The number of hydrogen-bond acceptors (Lipinski definition) is 5. The number of amides is 1. The van der Waals surface area contributed by atoms with Crippen LogP contribution in [0, 0.1) is 5.92 Å². The number of carbonyl (C=O) groups excluding carboxylic acids is 1. The number of para-hydroxylation sites is 2. The fraction of sp³-hybridized carbons (Fsp3) is 0.636. The Labute approximate surface area is 202 Å². The van der Waals surface area contributed by atoms with Crippen LogP contribution in [-0.2, 0) is 4.74 Å². The van der Waals surface area contributed by atoms with Crippen LogP contribution in [0.25, 0.3) is 0 Å². The number of methoxy groups -OCH3 is 1. The summed E-state index contributed by atoms with van der Waals surface area (Å²) in [6.45, 7) is 6.60. The Hall–Kier alpha value is -1.91. The molecule has 0 aliphatic carbocycles. The Morgan fingerprint density at radius 2 is 1.94 bits per heavy atom. The van der Waals surface area contributed by atoms with E-state index < -0.39 is 0 Å². The number of aliphatic imine (C=N–C) groups is 1. The second-order valence-corrected chi connectivity index (χ2v) is 7.83. The maximum atomic E-state index is 11.8. The van der Waals surface area contributed by atoms with Crippen molar-refractivity contribution >= 4 is 41.7 Å². The minimum absolute atomic E-state index is 0. The summed E-state index contributed by atoms with van der Waals surface area (Å²) in [7, 11) is 3.53. The number of guanidine groups is 1. The molecule has 1 aromatic carbocycles. The molecule has 31 heavy (non-hydrogen) atoms. The van der Waals surface area contributed by atoms with Crippen LogP contribution in [0.5, 0.6) is 5.75 Å². The molecule has 8 nitrogen and oxygen atoms in total. The van der Waals surface area contributed by atoms with Crippen LogP contribution in [0.4, 0.5) is 10.5 Å². The largest absolute Gasteiger partial charge is 0.495 e. The highest BCUT2D eigenvalue weighted by Crippen LogP contribution is 2.31. The number of nitrogens with one attached hydrogen (secondary N) is 2. The summed E-state index contributed by atoms with van der Waals surface area (Å²) in [6.07, 6.45) is 2.72. The van der Waals surface area contributed by atoms with Gasteiger partial charge in [-0.3, -0.25) is 4.99 Å². The Balaban J connectivity index is 0.00000341. The van der Waals surface area contributed by atoms with Crippen molar-refractivity contribution in [3.05, 3.63) is 24.3 Å². The third-order valence-electron chi connectivity index (χ3n) is 5.86. The van der Waals surface area contributed by atoms with Crippen LogP contribution in [0.3, 0.4) is 0 Å². The van der Waals surface area contributed by atoms with E-state index in [4.69, 9.17) is 9.47 Å². The number of halogens is 1. The summed E-state index contributed by atoms with van der Waals surface area (Å²) in [5.41, 5.74) is 1.17. The highest BCUT2D eigenvalue weighted by Gasteiger charge is 2.26. The first kappa shape index (κ1) is 25.4. The first-order valence-corrected chi connectivity index (χ1v) is 10.9.